The Labute approximate surface area is 145 Å². The average Bonchev–Trinajstić information content (AvgIpc) is 2.54. The lowest BCUT2D eigenvalue weighted by atomic mass is 9.62. The Morgan fingerprint density at radius 3 is 2.48 bits per heavy atom. The van der Waals surface area contributed by atoms with Crippen LogP contribution < -0.4 is 5.73 Å². The molecule has 0 radical (unpaired) electrons. The highest BCUT2D eigenvalue weighted by Gasteiger charge is 2.41. The van der Waals surface area contributed by atoms with Gasteiger partial charge in [-0.2, -0.15) is 0 Å². The molecule has 0 aliphatic heterocycles. The molecule has 1 saturated carbocycles. The van der Waals surface area contributed by atoms with Crippen LogP contribution in [0.2, 0.25) is 10.0 Å². The molecule has 120 valence electrons. The predicted molar refractivity (Wildman–Crippen MR) is 91.1 cm³/mol. The van der Waals surface area contributed by atoms with Gasteiger partial charge in [0.15, 0.2) is 5.78 Å². The summed E-state index contributed by atoms with van der Waals surface area (Å²) < 4.78 is 0. The van der Waals surface area contributed by atoms with E-state index in [9.17, 15) is 4.79 Å². The van der Waals surface area contributed by atoms with Gasteiger partial charge in [0.1, 0.15) is 5.82 Å². The van der Waals surface area contributed by atoms with Crippen LogP contribution in [0.25, 0.3) is 0 Å². The monoisotopic (exact) mass is 349 g/mol. The van der Waals surface area contributed by atoms with E-state index < -0.39 is 0 Å². The zero-order valence-corrected chi connectivity index (χ0v) is 14.1. The number of halogens is 2. The molecule has 0 bridgehead atoms. The number of ketones is 1. The molecule has 1 aliphatic carbocycles. The summed E-state index contributed by atoms with van der Waals surface area (Å²) >= 11 is 12.6. The number of nitrogens with zero attached hydrogens (tertiary/aromatic N) is 2. The molecule has 23 heavy (non-hydrogen) atoms. The molecule has 1 aliphatic rings. The fourth-order valence-electron chi connectivity index (χ4n) is 3.07. The maximum Gasteiger partial charge on any atom is 0.179 e. The fraction of sp³-hybridized carbons (Fsp3) is 0.353. The molecule has 1 aromatic heterocycles. The van der Waals surface area contributed by atoms with Crippen LogP contribution in [0.1, 0.15) is 41.0 Å². The first-order valence-electron chi connectivity index (χ1n) is 7.54. The number of Topliss-reactive ketones (excluding diaryl/α,β-unsaturated/α-hetero) is 1. The van der Waals surface area contributed by atoms with Gasteiger partial charge in [-0.05, 0) is 24.5 Å². The summed E-state index contributed by atoms with van der Waals surface area (Å²) in [5, 5.41) is 1.18. The lowest BCUT2D eigenvalue weighted by molar-refractivity contribution is 0.100. The van der Waals surface area contributed by atoms with Crippen molar-refractivity contribution in [3.05, 3.63) is 57.6 Å². The predicted octanol–water partition coefficient (Wildman–Crippen LogP) is 3.59. The van der Waals surface area contributed by atoms with Crippen molar-refractivity contribution < 1.29 is 4.79 Å². The Kier molecular flexibility index (Phi) is 4.67. The van der Waals surface area contributed by atoms with Gasteiger partial charge in [0.25, 0.3) is 0 Å². The van der Waals surface area contributed by atoms with Crippen molar-refractivity contribution in [1.82, 2.24) is 9.97 Å². The van der Waals surface area contributed by atoms with Crippen LogP contribution >= 0.6 is 23.2 Å². The first-order valence-corrected chi connectivity index (χ1v) is 8.30. The van der Waals surface area contributed by atoms with Crippen molar-refractivity contribution >= 4 is 29.0 Å². The van der Waals surface area contributed by atoms with Gasteiger partial charge in [0.05, 0.1) is 22.2 Å². The standard InChI is InChI=1S/C17H17Cl2N3O/c18-13-4-1-3-12(16(13)19)17(5-2-6-17)7-15-21-9-11(10-22-15)14(23)8-20/h1,3-4,9-10H,2,5-8,20H2. The summed E-state index contributed by atoms with van der Waals surface area (Å²) in [5.41, 5.74) is 6.78. The maximum atomic E-state index is 11.5. The topological polar surface area (TPSA) is 68.9 Å². The van der Waals surface area contributed by atoms with E-state index in [0.29, 0.717) is 27.9 Å². The third-order valence-electron chi connectivity index (χ3n) is 4.54. The molecule has 1 fully saturated rings. The maximum absolute atomic E-state index is 11.5. The van der Waals surface area contributed by atoms with Crippen LogP contribution in [0.4, 0.5) is 0 Å². The summed E-state index contributed by atoms with van der Waals surface area (Å²) in [6.45, 7) is -0.0369. The second-order valence-corrected chi connectivity index (χ2v) is 6.71. The van der Waals surface area contributed by atoms with Crippen LogP contribution in [-0.2, 0) is 11.8 Å². The highest BCUT2D eigenvalue weighted by molar-refractivity contribution is 6.42. The van der Waals surface area contributed by atoms with Crippen LogP contribution in [-0.4, -0.2) is 22.3 Å². The molecule has 0 saturated heterocycles. The summed E-state index contributed by atoms with van der Waals surface area (Å²) in [4.78, 5) is 20.2. The number of rotatable bonds is 5. The quantitative estimate of drug-likeness (QED) is 0.837. The van der Waals surface area contributed by atoms with Crippen molar-refractivity contribution in [2.45, 2.75) is 31.1 Å². The third kappa shape index (κ3) is 3.11. The van der Waals surface area contributed by atoms with Gasteiger partial charge in [-0.3, -0.25) is 4.79 Å². The third-order valence-corrected chi connectivity index (χ3v) is 5.36. The van der Waals surface area contributed by atoms with Gasteiger partial charge in [-0.1, -0.05) is 41.8 Å². The second kappa shape index (κ2) is 6.56. The van der Waals surface area contributed by atoms with Crippen LogP contribution in [0.15, 0.2) is 30.6 Å². The number of benzene rings is 1. The van der Waals surface area contributed by atoms with Crippen molar-refractivity contribution in [2.24, 2.45) is 5.73 Å². The molecule has 3 rings (SSSR count). The first kappa shape index (κ1) is 16.4. The van der Waals surface area contributed by atoms with Gasteiger partial charge in [0.2, 0.25) is 0 Å². The summed E-state index contributed by atoms with van der Waals surface area (Å²) in [5.74, 6) is 0.544. The van der Waals surface area contributed by atoms with Gasteiger partial charge < -0.3 is 5.73 Å². The molecule has 0 unspecified atom stereocenters. The van der Waals surface area contributed by atoms with Crippen LogP contribution in [0.3, 0.4) is 0 Å². The fourth-order valence-corrected chi connectivity index (χ4v) is 3.57. The molecule has 0 atom stereocenters. The number of hydrogen-bond donors (Lipinski definition) is 1. The number of carbonyl (C=O) groups excluding carboxylic acids is 1. The molecule has 2 N–H and O–H groups in total. The Hall–Kier alpha value is -1.49. The van der Waals surface area contributed by atoms with Gasteiger partial charge >= 0.3 is 0 Å². The van der Waals surface area contributed by atoms with Crippen molar-refractivity contribution in [1.29, 1.82) is 0 Å². The van der Waals surface area contributed by atoms with E-state index in [4.69, 9.17) is 28.9 Å². The van der Waals surface area contributed by atoms with E-state index in [2.05, 4.69) is 9.97 Å². The summed E-state index contributed by atoms with van der Waals surface area (Å²) in [7, 11) is 0. The molecule has 0 spiro atoms. The molecule has 4 nitrogen and oxygen atoms in total. The van der Waals surface area contributed by atoms with Gasteiger partial charge in [-0.25, -0.2) is 9.97 Å². The van der Waals surface area contributed by atoms with E-state index in [1.165, 1.54) is 0 Å². The van der Waals surface area contributed by atoms with E-state index in [-0.39, 0.29) is 17.7 Å². The Morgan fingerprint density at radius 1 is 1.22 bits per heavy atom. The van der Waals surface area contributed by atoms with Crippen LogP contribution in [0.5, 0.6) is 0 Å². The minimum atomic E-state index is -0.159. The first-order chi connectivity index (χ1) is 11.1. The van der Waals surface area contributed by atoms with Crippen LogP contribution in [0, 0.1) is 0 Å². The van der Waals surface area contributed by atoms with Gasteiger partial charge in [-0.15, -0.1) is 0 Å². The smallest absolute Gasteiger partial charge is 0.179 e. The molecule has 0 amide bonds. The molecular weight excluding hydrogens is 333 g/mol. The molecule has 1 heterocycles. The highest BCUT2D eigenvalue weighted by atomic mass is 35.5. The van der Waals surface area contributed by atoms with E-state index in [1.807, 2.05) is 12.1 Å². The van der Waals surface area contributed by atoms with Gasteiger partial charge in [0, 0.05) is 24.2 Å². The van der Waals surface area contributed by atoms with E-state index in [0.717, 1.165) is 24.8 Å². The molecule has 6 heteroatoms. The Morgan fingerprint density at radius 2 is 1.91 bits per heavy atom. The average molecular weight is 350 g/mol. The Bertz CT molecular complexity index is 727. The van der Waals surface area contributed by atoms with Crippen molar-refractivity contribution in [3.8, 4) is 0 Å². The largest absolute Gasteiger partial charge is 0.324 e. The minimum absolute atomic E-state index is 0.0369. The molecule has 1 aromatic carbocycles. The lowest BCUT2D eigenvalue weighted by Gasteiger charge is -2.42. The number of hydrogen-bond acceptors (Lipinski definition) is 4. The molecular formula is C17H17Cl2N3O. The minimum Gasteiger partial charge on any atom is -0.324 e. The summed E-state index contributed by atoms with van der Waals surface area (Å²) in [6.07, 6.45) is 6.98. The SMILES string of the molecule is NCC(=O)c1cnc(CC2(c3cccc(Cl)c3Cl)CCC2)nc1. The normalized spacial score (nSPS) is 16.0. The number of aromatic nitrogens is 2. The number of carbonyl (C=O) groups is 1. The zero-order valence-electron chi connectivity index (χ0n) is 12.6. The van der Waals surface area contributed by atoms with Crippen molar-refractivity contribution in [3.63, 3.8) is 0 Å². The summed E-state index contributed by atoms with van der Waals surface area (Å²) in [6, 6.07) is 5.75. The number of nitrogens with two attached hydrogens (primary N) is 1. The Balaban J connectivity index is 1.87. The van der Waals surface area contributed by atoms with Crippen molar-refractivity contribution in [2.75, 3.05) is 6.54 Å². The van der Waals surface area contributed by atoms with E-state index in [1.54, 1.807) is 18.5 Å². The van der Waals surface area contributed by atoms with E-state index >= 15 is 0 Å². The molecule has 2 aromatic rings. The highest BCUT2D eigenvalue weighted by Crippen LogP contribution is 2.49. The second-order valence-electron chi connectivity index (χ2n) is 5.93. The lowest BCUT2D eigenvalue weighted by Crippen LogP contribution is -2.37. The zero-order chi connectivity index (χ0) is 16.4.